The average Bonchev–Trinajstić information content (AvgIpc) is 2.76. The number of nitrogens with zero attached hydrogens (tertiary/aromatic N) is 2. The van der Waals surface area contributed by atoms with E-state index in [1.165, 1.54) is 0 Å². The van der Waals surface area contributed by atoms with Gasteiger partial charge < -0.3 is 0 Å². The highest BCUT2D eigenvalue weighted by Crippen LogP contribution is 2.44. The van der Waals surface area contributed by atoms with E-state index in [0.29, 0.717) is 12.0 Å². The Morgan fingerprint density at radius 3 is 2.21 bits per heavy atom. The molecule has 1 aliphatic rings. The van der Waals surface area contributed by atoms with Crippen molar-refractivity contribution in [3.05, 3.63) is 113 Å². The summed E-state index contributed by atoms with van der Waals surface area (Å²) >= 11 is 3.59. The lowest BCUT2D eigenvalue weighted by molar-refractivity contribution is 0.0697. The topological polar surface area (TPSA) is 44.1 Å². The summed E-state index contributed by atoms with van der Waals surface area (Å²) in [4.78, 5) is 15.0. The Labute approximate surface area is 172 Å². The van der Waals surface area contributed by atoms with Gasteiger partial charge in [-0.15, -0.1) is 0 Å². The smallest absolute Gasteiger partial charge is 0.259 e. The van der Waals surface area contributed by atoms with E-state index in [1.54, 1.807) is 23.2 Å². The maximum Gasteiger partial charge on any atom is 0.259 e. The molecule has 4 rings (SSSR count). The Hall–Kier alpha value is -3.16. The molecule has 0 radical (unpaired) electrons. The van der Waals surface area contributed by atoms with E-state index in [4.69, 9.17) is 0 Å². The van der Waals surface area contributed by atoms with Crippen molar-refractivity contribution in [3.8, 4) is 6.07 Å². The molecule has 0 fully saturated rings. The predicted octanol–water partition coefficient (Wildman–Crippen LogP) is 5.50. The number of fused-ring (bicyclic) bond motifs is 1. The minimum Gasteiger partial charge on any atom is -0.290 e. The highest BCUT2D eigenvalue weighted by Gasteiger charge is 2.45. The van der Waals surface area contributed by atoms with Crippen molar-refractivity contribution in [2.75, 3.05) is 0 Å². The second-order valence-corrected chi connectivity index (χ2v) is 7.55. The number of rotatable bonds is 3. The first-order valence-electron chi connectivity index (χ1n) is 8.97. The maximum atomic E-state index is 13.4. The van der Waals surface area contributed by atoms with Crippen LogP contribution in [0.4, 0.5) is 0 Å². The summed E-state index contributed by atoms with van der Waals surface area (Å²) in [6.07, 6.45) is 2.14. The molecule has 0 saturated carbocycles. The lowest BCUT2D eigenvalue weighted by atomic mass is 9.79. The van der Waals surface area contributed by atoms with E-state index in [-0.39, 0.29) is 5.91 Å². The SMILES string of the molecule is N#CC1(Cc2ccccc2)c2ccccc2C(Br)=CN1C(=O)c1ccccc1. The molecule has 1 unspecified atom stereocenters. The molecule has 1 aliphatic heterocycles. The molecule has 1 atom stereocenters. The number of amides is 1. The number of hydrogen-bond acceptors (Lipinski definition) is 2. The fourth-order valence-electron chi connectivity index (χ4n) is 3.65. The third kappa shape index (κ3) is 3.04. The second-order valence-electron chi connectivity index (χ2n) is 6.70. The number of halogens is 1. The summed E-state index contributed by atoms with van der Waals surface area (Å²) in [6, 6.07) is 29.1. The number of carbonyl (C=O) groups excluding carboxylic acids is 1. The predicted molar refractivity (Wildman–Crippen MR) is 113 cm³/mol. The van der Waals surface area contributed by atoms with Crippen LogP contribution < -0.4 is 0 Å². The van der Waals surface area contributed by atoms with E-state index < -0.39 is 5.54 Å². The molecule has 28 heavy (non-hydrogen) atoms. The van der Waals surface area contributed by atoms with Crippen LogP contribution in [0.25, 0.3) is 4.48 Å². The Morgan fingerprint density at radius 1 is 0.929 bits per heavy atom. The zero-order chi connectivity index (χ0) is 19.6. The largest absolute Gasteiger partial charge is 0.290 e. The molecule has 4 heteroatoms. The van der Waals surface area contributed by atoms with Crippen LogP contribution in [0.3, 0.4) is 0 Å². The molecule has 3 aromatic rings. The van der Waals surface area contributed by atoms with Gasteiger partial charge in [-0.2, -0.15) is 5.26 Å². The van der Waals surface area contributed by atoms with Gasteiger partial charge in [0.05, 0.1) is 6.07 Å². The Bertz CT molecular complexity index is 1090. The van der Waals surface area contributed by atoms with Crippen LogP contribution in [0.1, 0.15) is 27.0 Å². The number of hydrogen-bond donors (Lipinski definition) is 0. The van der Waals surface area contributed by atoms with Gasteiger partial charge in [0.2, 0.25) is 0 Å². The molecule has 0 aromatic heterocycles. The molecule has 1 amide bonds. The van der Waals surface area contributed by atoms with Crippen LogP contribution in [-0.4, -0.2) is 10.8 Å². The quantitative estimate of drug-likeness (QED) is 0.552. The maximum absolute atomic E-state index is 13.4. The molecule has 3 aromatic carbocycles. The van der Waals surface area contributed by atoms with Gasteiger partial charge in [-0.1, -0.05) is 72.8 Å². The third-order valence-electron chi connectivity index (χ3n) is 5.01. The third-order valence-corrected chi connectivity index (χ3v) is 5.64. The Morgan fingerprint density at radius 2 is 1.54 bits per heavy atom. The van der Waals surface area contributed by atoms with Gasteiger partial charge in [-0.3, -0.25) is 9.69 Å². The molecular formula is C24H17BrN2O. The highest BCUT2D eigenvalue weighted by atomic mass is 79.9. The van der Waals surface area contributed by atoms with Gasteiger partial charge in [0.15, 0.2) is 5.54 Å². The van der Waals surface area contributed by atoms with Crippen molar-refractivity contribution >= 4 is 26.3 Å². The van der Waals surface area contributed by atoms with Gasteiger partial charge in [0.25, 0.3) is 5.91 Å². The summed E-state index contributed by atoms with van der Waals surface area (Å²) in [6.45, 7) is 0. The number of carbonyl (C=O) groups is 1. The van der Waals surface area contributed by atoms with Gasteiger partial charge >= 0.3 is 0 Å². The summed E-state index contributed by atoms with van der Waals surface area (Å²) in [7, 11) is 0. The molecule has 1 heterocycles. The number of nitriles is 1. The zero-order valence-corrected chi connectivity index (χ0v) is 16.6. The fraction of sp³-hybridized carbons (Fsp3) is 0.0833. The zero-order valence-electron chi connectivity index (χ0n) is 15.0. The van der Waals surface area contributed by atoms with E-state index in [9.17, 15) is 10.1 Å². The van der Waals surface area contributed by atoms with Gasteiger partial charge in [-0.25, -0.2) is 0 Å². The monoisotopic (exact) mass is 428 g/mol. The van der Waals surface area contributed by atoms with Crippen LogP contribution in [0.5, 0.6) is 0 Å². The lowest BCUT2D eigenvalue weighted by Gasteiger charge is -2.41. The molecule has 3 nitrogen and oxygen atoms in total. The first-order chi connectivity index (χ1) is 13.7. The highest BCUT2D eigenvalue weighted by molar-refractivity contribution is 9.15. The van der Waals surface area contributed by atoms with E-state index >= 15 is 0 Å². The summed E-state index contributed by atoms with van der Waals surface area (Å²) in [5.41, 5.74) is 2.15. The van der Waals surface area contributed by atoms with Crippen molar-refractivity contribution in [2.45, 2.75) is 12.0 Å². The van der Waals surface area contributed by atoms with Crippen LogP contribution >= 0.6 is 15.9 Å². The number of benzene rings is 3. The molecule has 0 spiro atoms. The van der Waals surface area contributed by atoms with Crippen LogP contribution in [0.15, 0.2) is 91.1 Å². The minimum atomic E-state index is -1.14. The van der Waals surface area contributed by atoms with Crippen molar-refractivity contribution in [3.63, 3.8) is 0 Å². The standard InChI is InChI=1S/C24H17BrN2O/c25-22-16-27(23(28)19-11-5-2-6-12-19)24(17-26,15-18-9-3-1-4-10-18)21-14-8-7-13-20(21)22/h1-14,16H,15H2. The molecule has 0 saturated heterocycles. The van der Waals surface area contributed by atoms with E-state index in [1.807, 2.05) is 72.8 Å². The second kappa shape index (κ2) is 7.46. The first-order valence-corrected chi connectivity index (χ1v) is 9.76. The summed E-state index contributed by atoms with van der Waals surface area (Å²) in [5.74, 6) is -0.204. The van der Waals surface area contributed by atoms with Gasteiger partial charge in [0, 0.05) is 28.2 Å². The summed E-state index contributed by atoms with van der Waals surface area (Å²) < 4.78 is 0.784. The van der Waals surface area contributed by atoms with E-state index in [2.05, 4.69) is 22.0 Å². The molecular weight excluding hydrogens is 412 g/mol. The molecule has 0 aliphatic carbocycles. The lowest BCUT2D eigenvalue weighted by Crippen LogP contribution is -2.49. The van der Waals surface area contributed by atoms with Crippen LogP contribution in [0.2, 0.25) is 0 Å². The first kappa shape index (κ1) is 18.2. The van der Waals surface area contributed by atoms with Crippen LogP contribution in [-0.2, 0) is 12.0 Å². The molecule has 0 N–H and O–H groups in total. The van der Waals surface area contributed by atoms with Crippen molar-refractivity contribution in [1.29, 1.82) is 5.26 Å². The normalized spacial score (nSPS) is 18.0. The van der Waals surface area contributed by atoms with Gasteiger partial charge in [0.1, 0.15) is 0 Å². The van der Waals surface area contributed by atoms with Crippen molar-refractivity contribution in [1.82, 2.24) is 4.90 Å². The van der Waals surface area contributed by atoms with Crippen molar-refractivity contribution < 1.29 is 4.79 Å². The Kier molecular flexibility index (Phi) is 4.85. The molecule has 0 bridgehead atoms. The minimum absolute atomic E-state index is 0.204. The fourth-order valence-corrected chi connectivity index (χ4v) is 4.20. The van der Waals surface area contributed by atoms with Crippen LogP contribution in [0, 0.1) is 11.3 Å². The average molecular weight is 429 g/mol. The van der Waals surface area contributed by atoms with Crippen molar-refractivity contribution in [2.24, 2.45) is 0 Å². The van der Waals surface area contributed by atoms with E-state index in [0.717, 1.165) is 21.2 Å². The molecule has 136 valence electrons. The Balaban J connectivity index is 1.91. The summed E-state index contributed by atoms with van der Waals surface area (Å²) in [5, 5.41) is 10.4. The van der Waals surface area contributed by atoms with Gasteiger partial charge in [-0.05, 0) is 39.2 Å².